The molecule has 1 aromatic rings. The van der Waals surface area contributed by atoms with Crippen molar-refractivity contribution in [3.63, 3.8) is 0 Å². The number of nitrogens with zero attached hydrogens (tertiary/aromatic N) is 2. The van der Waals surface area contributed by atoms with Crippen LogP contribution in [-0.4, -0.2) is 68.3 Å². The Balaban J connectivity index is 2.41. The second kappa shape index (κ2) is 9.12. The average Bonchev–Trinajstić information content (AvgIpc) is 2.48. The third kappa shape index (κ3) is 7.12. The molecule has 0 spiro atoms. The Labute approximate surface area is 140 Å². The van der Waals surface area contributed by atoms with Gasteiger partial charge in [-0.25, -0.2) is 0 Å². The van der Waals surface area contributed by atoms with Gasteiger partial charge in [-0.3, -0.25) is 19.3 Å². The second-order valence-electron chi connectivity index (χ2n) is 5.15. The van der Waals surface area contributed by atoms with E-state index in [1.807, 2.05) is 0 Å². The number of likely N-dealkylation sites (N-methyl/N-ethyl adjacent to an activating group) is 3. The molecule has 8 heteroatoms. The monoisotopic (exact) mass is 340 g/mol. The average molecular weight is 341 g/mol. The maximum Gasteiger partial charge on any atom is 0.239 e. The molecule has 0 saturated heterocycles. The molecule has 0 aliphatic carbocycles. The summed E-state index contributed by atoms with van der Waals surface area (Å²) in [5.74, 6) is -0.726. The summed E-state index contributed by atoms with van der Waals surface area (Å²) in [7, 11) is 4.71. The molecule has 0 radical (unpaired) electrons. The molecule has 2 N–H and O–H groups in total. The van der Waals surface area contributed by atoms with E-state index in [4.69, 9.17) is 11.6 Å². The Hall–Kier alpha value is -2.12. The maximum atomic E-state index is 11.9. The molecule has 126 valence electrons. The van der Waals surface area contributed by atoms with Crippen molar-refractivity contribution in [1.29, 1.82) is 0 Å². The van der Waals surface area contributed by atoms with Crippen LogP contribution in [0.15, 0.2) is 24.3 Å². The minimum atomic E-state index is -0.246. The van der Waals surface area contributed by atoms with E-state index in [1.54, 1.807) is 43.3 Å². The van der Waals surface area contributed by atoms with Gasteiger partial charge in [-0.15, -0.1) is 0 Å². The third-order valence-electron chi connectivity index (χ3n) is 3.03. The van der Waals surface area contributed by atoms with Crippen LogP contribution in [-0.2, 0) is 14.4 Å². The van der Waals surface area contributed by atoms with Gasteiger partial charge in [0, 0.05) is 24.8 Å². The zero-order valence-corrected chi connectivity index (χ0v) is 14.2. The number of benzene rings is 1. The minimum absolute atomic E-state index is 0.0137. The van der Waals surface area contributed by atoms with E-state index in [0.29, 0.717) is 10.7 Å². The van der Waals surface area contributed by atoms with Crippen molar-refractivity contribution < 1.29 is 14.4 Å². The fourth-order valence-corrected chi connectivity index (χ4v) is 1.90. The predicted molar refractivity (Wildman–Crippen MR) is 89.3 cm³/mol. The zero-order valence-electron chi connectivity index (χ0n) is 13.4. The van der Waals surface area contributed by atoms with E-state index in [-0.39, 0.29) is 37.4 Å². The largest absolute Gasteiger partial charge is 0.358 e. The van der Waals surface area contributed by atoms with Gasteiger partial charge in [0.15, 0.2) is 0 Å². The van der Waals surface area contributed by atoms with Gasteiger partial charge in [-0.1, -0.05) is 11.6 Å². The number of amides is 3. The molecule has 0 heterocycles. The smallest absolute Gasteiger partial charge is 0.239 e. The molecular weight excluding hydrogens is 320 g/mol. The van der Waals surface area contributed by atoms with E-state index in [2.05, 4.69) is 10.6 Å². The number of rotatable bonds is 7. The highest BCUT2D eigenvalue weighted by Crippen LogP contribution is 2.13. The van der Waals surface area contributed by atoms with Gasteiger partial charge in [-0.2, -0.15) is 0 Å². The van der Waals surface area contributed by atoms with Gasteiger partial charge in [0.2, 0.25) is 17.7 Å². The SMILES string of the molecule is CNC(=O)CN(C)C(=O)CN(C)CC(=O)Nc1ccc(Cl)cc1. The highest BCUT2D eigenvalue weighted by molar-refractivity contribution is 6.30. The first-order valence-corrected chi connectivity index (χ1v) is 7.38. The molecule has 23 heavy (non-hydrogen) atoms. The summed E-state index contributed by atoms with van der Waals surface area (Å²) in [6.07, 6.45) is 0. The number of halogens is 1. The molecule has 3 amide bonds. The molecule has 0 fully saturated rings. The van der Waals surface area contributed by atoms with Crippen molar-refractivity contribution >= 4 is 35.0 Å². The number of nitrogens with one attached hydrogen (secondary N) is 2. The summed E-state index contributed by atoms with van der Waals surface area (Å²) in [5.41, 5.74) is 0.635. The van der Waals surface area contributed by atoms with Crippen molar-refractivity contribution in [2.24, 2.45) is 0 Å². The second-order valence-corrected chi connectivity index (χ2v) is 5.59. The van der Waals surface area contributed by atoms with Crippen molar-refractivity contribution in [2.45, 2.75) is 0 Å². The lowest BCUT2D eigenvalue weighted by Gasteiger charge is -2.21. The number of carbonyl (C=O) groups is 3. The van der Waals surface area contributed by atoms with Gasteiger partial charge in [0.05, 0.1) is 19.6 Å². The summed E-state index contributed by atoms with van der Waals surface area (Å²) in [4.78, 5) is 38.0. The minimum Gasteiger partial charge on any atom is -0.358 e. The van der Waals surface area contributed by atoms with Crippen LogP contribution in [0.2, 0.25) is 5.02 Å². The Morgan fingerprint density at radius 3 is 2.17 bits per heavy atom. The molecule has 0 unspecified atom stereocenters. The summed E-state index contributed by atoms with van der Waals surface area (Å²) in [6.45, 7) is 0.0872. The van der Waals surface area contributed by atoms with Crippen LogP contribution in [0.4, 0.5) is 5.69 Å². The lowest BCUT2D eigenvalue weighted by molar-refractivity contribution is -0.135. The highest BCUT2D eigenvalue weighted by Gasteiger charge is 2.16. The molecule has 1 aromatic carbocycles. The zero-order chi connectivity index (χ0) is 17.4. The van der Waals surface area contributed by atoms with E-state index < -0.39 is 0 Å². The normalized spacial score (nSPS) is 10.3. The van der Waals surface area contributed by atoms with Crippen LogP contribution < -0.4 is 10.6 Å². The Bertz CT molecular complexity index is 562. The summed E-state index contributed by atoms with van der Waals surface area (Å²) < 4.78 is 0. The van der Waals surface area contributed by atoms with Crippen LogP contribution in [0.5, 0.6) is 0 Å². The lowest BCUT2D eigenvalue weighted by Crippen LogP contribution is -2.43. The fraction of sp³-hybridized carbons (Fsp3) is 0.400. The van der Waals surface area contributed by atoms with Crippen molar-refractivity contribution in [2.75, 3.05) is 46.1 Å². The molecular formula is C15H21ClN4O3. The topological polar surface area (TPSA) is 81.8 Å². The van der Waals surface area contributed by atoms with Gasteiger partial charge < -0.3 is 15.5 Å². The van der Waals surface area contributed by atoms with Crippen molar-refractivity contribution in [1.82, 2.24) is 15.1 Å². The molecule has 0 saturated carbocycles. The Morgan fingerprint density at radius 1 is 1.00 bits per heavy atom. The van der Waals surface area contributed by atoms with E-state index in [0.717, 1.165) is 0 Å². The van der Waals surface area contributed by atoms with Crippen molar-refractivity contribution in [3.8, 4) is 0 Å². The lowest BCUT2D eigenvalue weighted by atomic mass is 10.3. The van der Waals surface area contributed by atoms with E-state index >= 15 is 0 Å². The summed E-state index contributed by atoms with van der Waals surface area (Å²) in [5, 5.41) is 5.75. The Kier molecular flexibility index (Phi) is 7.50. The molecule has 7 nitrogen and oxygen atoms in total. The molecule has 0 aliphatic rings. The number of hydrogen-bond donors (Lipinski definition) is 2. The molecule has 0 bridgehead atoms. The first kappa shape index (κ1) is 18.9. The van der Waals surface area contributed by atoms with Crippen LogP contribution in [0.1, 0.15) is 0 Å². The molecule has 0 aromatic heterocycles. The van der Waals surface area contributed by atoms with Gasteiger partial charge in [0.25, 0.3) is 0 Å². The van der Waals surface area contributed by atoms with Crippen LogP contribution in [0.25, 0.3) is 0 Å². The van der Waals surface area contributed by atoms with Crippen molar-refractivity contribution in [3.05, 3.63) is 29.3 Å². The van der Waals surface area contributed by atoms with Crippen LogP contribution in [0, 0.1) is 0 Å². The Morgan fingerprint density at radius 2 is 1.61 bits per heavy atom. The van der Waals surface area contributed by atoms with Crippen LogP contribution in [0.3, 0.4) is 0 Å². The molecule has 0 aliphatic heterocycles. The third-order valence-corrected chi connectivity index (χ3v) is 3.28. The number of carbonyl (C=O) groups excluding carboxylic acids is 3. The maximum absolute atomic E-state index is 11.9. The number of hydrogen-bond acceptors (Lipinski definition) is 4. The van der Waals surface area contributed by atoms with Gasteiger partial charge in [0.1, 0.15) is 0 Å². The van der Waals surface area contributed by atoms with E-state index in [9.17, 15) is 14.4 Å². The summed E-state index contributed by atoms with van der Waals surface area (Å²) in [6, 6.07) is 6.75. The van der Waals surface area contributed by atoms with E-state index in [1.165, 1.54) is 11.9 Å². The first-order valence-electron chi connectivity index (χ1n) is 7.00. The van der Waals surface area contributed by atoms with Crippen LogP contribution >= 0.6 is 11.6 Å². The summed E-state index contributed by atoms with van der Waals surface area (Å²) >= 11 is 5.77. The highest BCUT2D eigenvalue weighted by atomic mass is 35.5. The fourth-order valence-electron chi connectivity index (χ4n) is 1.77. The van der Waals surface area contributed by atoms with Gasteiger partial charge in [-0.05, 0) is 31.3 Å². The standard InChI is InChI=1S/C15H21ClN4O3/c1-17-13(21)9-20(3)15(23)10-19(2)8-14(22)18-12-6-4-11(16)5-7-12/h4-7H,8-10H2,1-3H3,(H,17,21)(H,18,22). The molecule has 0 atom stereocenters. The quantitative estimate of drug-likeness (QED) is 0.753. The number of anilines is 1. The molecule has 1 rings (SSSR count). The predicted octanol–water partition coefficient (Wildman–Crippen LogP) is 0.415. The first-order chi connectivity index (χ1) is 10.8. The van der Waals surface area contributed by atoms with Gasteiger partial charge >= 0.3 is 0 Å².